The molecule has 0 saturated heterocycles. The van der Waals surface area contributed by atoms with Crippen molar-refractivity contribution in [3.8, 4) is 0 Å². The number of rotatable bonds is 6. The number of hydrogen-bond acceptors (Lipinski definition) is 2. The zero-order valence-corrected chi connectivity index (χ0v) is 14.0. The van der Waals surface area contributed by atoms with Crippen molar-refractivity contribution in [2.75, 3.05) is 18.4 Å². The van der Waals surface area contributed by atoms with Crippen LogP contribution < -0.4 is 5.32 Å². The maximum atomic E-state index is 12.2. The van der Waals surface area contributed by atoms with Gasteiger partial charge >= 0.3 is 0 Å². The van der Waals surface area contributed by atoms with E-state index in [-0.39, 0.29) is 5.91 Å². The van der Waals surface area contributed by atoms with Crippen LogP contribution in [0.15, 0.2) is 18.2 Å². The molecule has 1 atom stereocenters. The van der Waals surface area contributed by atoms with E-state index >= 15 is 0 Å². The Morgan fingerprint density at radius 3 is 2.38 bits per heavy atom. The number of nitrogens with zero attached hydrogens (tertiary/aromatic N) is 1. The van der Waals surface area contributed by atoms with E-state index in [1.807, 2.05) is 19.9 Å². The lowest BCUT2D eigenvalue weighted by molar-refractivity contribution is -0.119. The molecule has 1 heterocycles. The van der Waals surface area contributed by atoms with E-state index in [0.717, 1.165) is 31.6 Å². The van der Waals surface area contributed by atoms with Gasteiger partial charge in [-0.15, -0.1) is 0 Å². The van der Waals surface area contributed by atoms with E-state index in [2.05, 4.69) is 43.1 Å². The maximum absolute atomic E-state index is 12.2. The number of amides is 1. The number of fused-ring (bicyclic) bond motifs is 1. The number of carbonyl (C=O) groups is 1. The zero-order valence-electron chi connectivity index (χ0n) is 14.0. The van der Waals surface area contributed by atoms with Crippen LogP contribution in [0.4, 0.5) is 5.69 Å². The second kappa shape index (κ2) is 6.18. The van der Waals surface area contributed by atoms with Crippen LogP contribution in [-0.4, -0.2) is 23.9 Å². The molecule has 0 bridgehead atoms. The van der Waals surface area contributed by atoms with Crippen LogP contribution >= 0.6 is 0 Å². The normalized spacial score (nSPS) is 17.7. The van der Waals surface area contributed by atoms with Gasteiger partial charge in [-0.2, -0.15) is 0 Å². The fourth-order valence-corrected chi connectivity index (χ4v) is 3.38. The standard InChI is InChI=1S/C18H28N2O/c1-6-11-20(12-7-2)13(3)14-9-8-10-15-16(14)18(4,5)17(21)19-15/h8-10,13H,6-7,11-12H2,1-5H3,(H,19,21). The molecule has 0 fully saturated rings. The average molecular weight is 288 g/mol. The highest BCUT2D eigenvalue weighted by atomic mass is 16.2. The number of carbonyl (C=O) groups excluding carboxylic acids is 1. The molecule has 1 aliphatic rings. The third kappa shape index (κ3) is 2.84. The van der Waals surface area contributed by atoms with Crippen LogP contribution in [0.2, 0.25) is 0 Å². The summed E-state index contributed by atoms with van der Waals surface area (Å²) in [5.41, 5.74) is 3.02. The Balaban J connectivity index is 2.42. The molecule has 1 aliphatic heterocycles. The van der Waals surface area contributed by atoms with E-state index < -0.39 is 5.41 Å². The lowest BCUT2D eigenvalue weighted by Gasteiger charge is -2.32. The second-order valence-electron chi connectivity index (χ2n) is 6.56. The Kier molecular flexibility index (Phi) is 4.72. The third-order valence-electron chi connectivity index (χ3n) is 4.56. The molecule has 1 amide bonds. The Labute approximate surface area is 128 Å². The van der Waals surface area contributed by atoms with Gasteiger partial charge in [-0.1, -0.05) is 26.0 Å². The summed E-state index contributed by atoms with van der Waals surface area (Å²) in [6.07, 6.45) is 2.31. The summed E-state index contributed by atoms with van der Waals surface area (Å²) in [7, 11) is 0. The SMILES string of the molecule is CCCN(CCC)C(C)c1cccc2c1C(C)(C)C(=O)N2. The van der Waals surface area contributed by atoms with Gasteiger partial charge in [-0.05, 0) is 63.9 Å². The van der Waals surface area contributed by atoms with Crippen LogP contribution in [0.1, 0.15) is 64.6 Å². The topological polar surface area (TPSA) is 32.3 Å². The lowest BCUT2D eigenvalue weighted by Crippen LogP contribution is -2.32. The van der Waals surface area contributed by atoms with E-state index in [1.54, 1.807) is 0 Å². The van der Waals surface area contributed by atoms with Crippen LogP contribution in [-0.2, 0) is 10.2 Å². The van der Waals surface area contributed by atoms with Crippen molar-refractivity contribution in [1.29, 1.82) is 0 Å². The number of hydrogen-bond donors (Lipinski definition) is 1. The highest BCUT2D eigenvalue weighted by Gasteiger charge is 2.41. The lowest BCUT2D eigenvalue weighted by atomic mass is 9.81. The largest absolute Gasteiger partial charge is 0.325 e. The quantitative estimate of drug-likeness (QED) is 0.854. The van der Waals surface area contributed by atoms with Crippen LogP contribution in [0, 0.1) is 0 Å². The number of nitrogens with one attached hydrogen (secondary N) is 1. The molecule has 1 aromatic rings. The second-order valence-corrected chi connectivity index (χ2v) is 6.56. The van der Waals surface area contributed by atoms with E-state index in [4.69, 9.17) is 0 Å². The Morgan fingerprint density at radius 1 is 1.19 bits per heavy atom. The van der Waals surface area contributed by atoms with E-state index in [9.17, 15) is 4.79 Å². The van der Waals surface area contributed by atoms with Crippen molar-refractivity contribution < 1.29 is 4.79 Å². The monoisotopic (exact) mass is 288 g/mol. The molecular weight excluding hydrogens is 260 g/mol. The van der Waals surface area contributed by atoms with Gasteiger partial charge in [0.2, 0.25) is 5.91 Å². The Morgan fingerprint density at radius 2 is 1.81 bits per heavy atom. The van der Waals surface area contributed by atoms with Gasteiger partial charge in [0.05, 0.1) is 5.41 Å². The molecule has 116 valence electrons. The van der Waals surface area contributed by atoms with Gasteiger partial charge in [-0.3, -0.25) is 9.69 Å². The molecule has 3 nitrogen and oxygen atoms in total. The van der Waals surface area contributed by atoms with Gasteiger partial charge in [0.15, 0.2) is 0 Å². The van der Waals surface area contributed by atoms with Crippen molar-refractivity contribution in [3.63, 3.8) is 0 Å². The molecule has 0 saturated carbocycles. The highest BCUT2D eigenvalue weighted by Crippen LogP contribution is 2.42. The molecule has 0 aromatic heterocycles. The van der Waals surface area contributed by atoms with Crippen molar-refractivity contribution in [1.82, 2.24) is 4.90 Å². The maximum Gasteiger partial charge on any atom is 0.234 e. The van der Waals surface area contributed by atoms with E-state index in [0.29, 0.717) is 6.04 Å². The first-order valence-corrected chi connectivity index (χ1v) is 8.12. The third-order valence-corrected chi connectivity index (χ3v) is 4.56. The fourth-order valence-electron chi connectivity index (χ4n) is 3.38. The number of benzene rings is 1. The summed E-state index contributed by atoms with van der Waals surface area (Å²) in [4.78, 5) is 14.7. The van der Waals surface area contributed by atoms with Crippen molar-refractivity contribution >= 4 is 11.6 Å². The Bertz CT molecular complexity index is 516. The van der Waals surface area contributed by atoms with Gasteiger partial charge in [0.25, 0.3) is 0 Å². The summed E-state index contributed by atoms with van der Waals surface area (Å²) in [5, 5.41) is 3.03. The first-order valence-electron chi connectivity index (χ1n) is 8.12. The summed E-state index contributed by atoms with van der Waals surface area (Å²) < 4.78 is 0. The summed E-state index contributed by atoms with van der Waals surface area (Å²) in [6.45, 7) is 12.9. The molecule has 1 N–H and O–H groups in total. The smallest absolute Gasteiger partial charge is 0.234 e. The molecule has 1 aromatic carbocycles. The summed E-state index contributed by atoms with van der Waals surface area (Å²) in [5.74, 6) is 0.106. The summed E-state index contributed by atoms with van der Waals surface area (Å²) >= 11 is 0. The van der Waals surface area contributed by atoms with Gasteiger partial charge < -0.3 is 5.32 Å². The Hall–Kier alpha value is -1.35. The predicted octanol–water partition coefficient (Wildman–Crippen LogP) is 4.10. The molecule has 21 heavy (non-hydrogen) atoms. The van der Waals surface area contributed by atoms with Crippen LogP contribution in [0.25, 0.3) is 0 Å². The molecule has 0 radical (unpaired) electrons. The minimum absolute atomic E-state index is 0.106. The van der Waals surface area contributed by atoms with Gasteiger partial charge in [-0.25, -0.2) is 0 Å². The molecule has 3 heteroatoms. The van der Waals surface area contributed by atoms with Crippen molar-refractivity contribution in [2.24, 2.45) is 0 Å². The molecule has 2 rings (SSSR count). The van der Waals surface area contributed by atoms with Gasteiger partial charge in [0, 0.05) is 11.7 Å². The van der Waals surface area contributed by atoms with Crippen molar-refractivity contribution in [2.45, 2.75) is 58.9 Å². The first-order chi connectivity index (χ1) is 9.93. The summed E-state index contributed by atoms with van der Waals surface area (Å²) in [6, 6.07) is 6.60. The van der Waals surface area contributed by atoms with Crippen LogP contribution in [0.5, 0.6) is 0 Å². The molecule has 0 aliphatic carbocycles. The zero-order chi connectivity index (χ0) is 15.6. The van der Waals surface area contributed by atoms with Crippen LogP contribution in [0.3, 0.4) is 0 Å². The average Bonchev–Trinajstić information content (AvgIpc) is 2.68. The van der Waals surface area contributed by atoms with E-state index in [1.165, 1.54) is 11.1 Å². The first kappa shape index (κ1) is 16.0. The highest BCUT2D eigenvalue weighted by molar-refractivity contribution is 6.06. The fraction of sp³-hybridized carbons (Fsp3) is 0.611. The van der Waals surface area contributed by atoms with Crippen molar-refractivity contribution in [3.05, 3.63) is 29.3 Å². The molecule has 1 unspecified atom stereocenters. The van der Waals surface area contributed by atoms with Gasteiger partial charge in [0.1, 0.15) is 0 Å². The number of anilines is 1. The predicted molar refractivity (Wildman–Crippen MR) is 88.7 cm³/mol. The molecule has 0 spiro atoms. The minimum Gasteiger partial charge on any atom is -0.325 e. The molecular formula is C18H28N2O. The minimum atomic E-state index is -0.440.